The molecule has 2 amide bonds. The number of carboxylic acid groups (broad SMARTS) is 1. The van der Waals surface area contributed by atoms with Crippen molar-refractivity contribution in [1.29, 1.82) is 0 Å². The molecular weight excluding hydrogens is 220 g/mol. The maximum atomic E-state index is 11.9. The van der Waals surface area contributed by atoms with Gasteiger partial charge in [-0.3, -0.25) is 0 Å². The van der Waals surface area contributed by atoms with Crippen LogP contribution in [-0.2, 0) is 4.79 Å². The third-order valence-corrected chi connectivity index (χ3v) is 2.90. The van der Waals surface area contributed by atoms with Gasteiger partial charge in [-0.25, -0.2) is 9.59 Å². The predicted octanol–water partition coefficient (Wildman–Crippen LogP) is 2.07. The number of nitrogens with one attached hydrogen (secondary N) is 1. The highest BCUT2D eigenvalue weighted by atomic mass is 16.4. The van der Waals surface area contributed by atoms with Crippen LogP contribution in [0.1, 0.15) is 47.0 Å². The molecule has 0 heterocycles. The van der Waals surface area contributed by atoms with Crippen LogP contribution in [0.15, 0.2) is 0 Å². The molecule has 2 atom stereocenters. The minimum Gasteiger partial charge on any atom is -0.480 e. The molecule has 0 aliphatic heterocycles. The van der Waals surface area contributed by atoms with E-state index in [1.807, 2.05) is 27.7 Å². The van der Waals surface area contributed by atoms with Crippen LogP contribution in [0, 0.1) is 0 Å². The summed E-state index contributed by atoms with van der Waals surface area (Å²) in [5.74, 6) is -0.972. The summed E-state index contributed by atoms with van der Waals surface area (Å²) in [5.41, 5.74) is 0. The normalized spacial score (nSPS) is 13.9. The number of carboxylic acids is 1. The van der Waals surface area contributed by atoms with Crippen molar-refractivity contribution in [2.45, 2.75) is 59.0 Å². The Bertz CT molecular complexity index is 256. The maximum Gasteiger partial charge on any atom is 0.326 e. The standard InChI is InChI=1S/C12H24N2O3/c1-5-8-10(11(15)16)13-12(17)14(7-3)9(4)6-2/h9-10H,5-8H2,1-4H3,(H,13,17)(H,15,16)/t9?,10-/m0/s1. The zero-order valence-corrected chi connectivity index (χ0v) is 11.2. The number of nitrogens with zero attached hydrogens (tertiary/aromatic N) is 1. The van der Waals surface area contributed by atoms with Gasteiger partial charge in [-0.1, -0.05) is 20.3 Å². The summed E-state index contributed by atoms with van der Waals surface area (Å²) in [6.45, 7) is 8.33. The summed E-state index contributed by atoms with van der Waals surface area (Å²) in [6, 6.07) is -0.954. The maximum absolute atomic E-state index is 11.9. The molecule has 0 aliphatic rings. The molecule has 5 heteroatoms. The molecule has 0 saturated heterocycles. The van der Waals surface area contributed by atoms with Gasteiger partial charge in [-0.05, 0) is 26.7 Å². The molecule has 0 saturated carbocycles. The van der Waals surface area contributed by atoms with E-state index in [-0.39, 0.29) is 12.1 Å². The summed E-state index contributed by atoms with van der Waals surface area (Å²) < 4.78 is 0. The van der Waals surface area contributed by atoms with Crippen LogP contribution >= 0.6 is 0 Å². The van der Waals surface area contributed by atoms with E-state index < -0.39 is 12.0 Å². The minimum atomic E-state index is -0.972. The zero-order chi connectivity index (χ0) is 13.4. The van der Waals surface area contributed by atoms with Gasteiger partial charge in [0.2, 0.25) is 0 Å². The number of hydrogen-bond donors (Lipinski definition) is 2. The molecule has 0 aromatic rings. The number of aliphatic carboxylic acids is 1. The lowest BCUT2D eigenvalue weighted by molar-refractivity contribution is -0.139. The summed E-state index contributed by atoms with van der Waals surface area (Å²) in [5, 5.41) is 11.5. The lowest BCUT2D eigenvalue weighted by Gasteiger charge is -2.28. The van der Waals surface area contributed by atoms with E-state index in [1.54, 1.807) is 4.90 Å². The van der Waals surface area contributed by atoms with Gasteiger partial charge in [0, 0.05) is 12.6 Å². The van der Waals surface area contributed by atoms with Crippen molar-refractivity contribution in [3.8, 4) is 0 Å². The first-order chi connectivity index (χ1) is 7.97. The highest BCUT2D eigenvalue weighted by molar-refractivity contribution is 5.82. The molecule has 0 aliphatic carbocycles. The number of amides is 2. The summed E-state index contributed by atoms with van der Waals surface area (Å²) in [6.07, 6.45) is 2.04. The molecule has 2 N–H and O–H groups in total. The Morgan fingerprint density at radius 1 is 1.29 bits per heavy atom. The van der Waals surface area contributed by atoms with Crippen LogP contribution in [-0.4, -0.2) is 40.6 Å². The third-order valence-electron chi connectivity index (χ3n) is 2.90. The molecule has 0 bridgehead atoms. The van der Waals surface area contributed by atoms with Crippen molar-refractivity contribution >= 4 is 12.0 Å². The van der Waals surface area contributed by atoms with E-state index in [2.05, 4.69) is 5.32 Å². The highest BCUT2D eigenvalue weighted by Gasteiger charge is 2.23. The summed E-state index contributed by atoms with van der Waals surface area (Å²) >= 11 is 0. The number of rotatable bonds is 7. The van der Waals surface area contributed by atoms with E-state index in [0.29, 0.717) is 13.0 Å². The third kappa shape index (κ3) is 5.06. The molecule has 0 fully saturated rings. The molecular formula is C12H24N2O3. The molecule has 0 spiro atoms. The molecule has 5 nitrogen and oxygen atoms in total. The van der Waals surface area contributed by atoms with Crippen LogP contribution in [0.4, 0.5) is 4.79 Å². The summed E-state index contributed by atoms with van der Waals surface area (Å²) in [4.78, 5) is 24.5. The van der Waals surface area contributed by atoms with E-state index >= 15 is 0 Å². The average molecular weight is 244 g/mol. The van der Waals surface area contributed by atoms with Crippen molar-refractivity contribution in [2.75, 3.05) is 6.54 Å². The summed E-state index contributed by atoms with van der Waals surface area (Å²) in [7, 11) is 0. The fourth-order valence-electron chi connectivity index (χ4n) is 1.65. The van der Waals surface area contributed by atoms with Crippen LogP contribution in [0.2, 0.25) is 0 Å². The van der Waals surface area contributed by atoms with Gasteiger partial charge in [0.1, 0.15) is 6.04 Å². The first-order valence-electron chi connectivity index (χ1n) is 6.27. The topological polar surface area (TPSA) is 69.6 Å². The largest absolute Gasteiger partial charge is 0.480 e. The highest BCUT2D eigenvalue weighted by Crippen LogP contribution is 2.05. The number of urea groups is 1. The quantitative estimate of drug-likeness (QED) is 0.720. The van der Waals surface area contributed by atoms with Crippen LogP contribution in [0.5, 0.6) is 0 Å². The average Bonchev–Trinajstić information content (AvgIpc) is 2.28. The Labute approximate surface area is 103 Å². The number of carbonyl (C=O) groups excluding carboxylic acids is 1. The monoisotopic (exact) mass is 244 g/mol. The van der Waals surface area contributed by atoms with Crippen molar-refractivity contribution < 1.29 is 14.7 Å². The molecule has 0 aromatic heterocycles. The van der Waals surface area contributed by atoms with Crippen molar-refractivity contribution in [3.05, 3.63) is 0 Å². The SMILES string of the molecule is CCC[C@H](NC(=O)N(CC)C(C)CC)C(=O)O. The second kappa shape index (κ2) is 7.92. The molecule has 100 valence electrons. The number of carbonyl (C=O) groups is 2. The Kier molecular flexibility index (Phi) is 7.34. The van der Waals surface area contributed by atoms with Gasteiger partial charge in [0.15, 0.2) is 0 Å². The molecule has 0 radical (unpaired) electrons. The first-order valence-corrected chi connectivity index (χ1v) is 6.27. The zero-order valence-electron chi connectivity index (χ0n) is 11.2. The fraction of sp³-hybridized carbons (Fsp3) is 0.833. The van der Waals surface area contributed by atoms with Crippen molar-refractivity contribution in [2.24, 2.45) is 0 Å². The van der Waals surface area contributed by atoms with Gasteiger partial charge in [-0.15, -0.1) is 0 Å². The van der Waals surface area contributed by atoms with E-state index in [0.717, 1.165) is 12.8 Å². The van der Waals surface area contributed by atoms with Crippen LogP contribution in [0.3, 0.4) is 0 Å². The van der Waals surface area contributed by atoms with Crippen LogP contribution in [0.25, 0.3) is 0 Å². The van der Waals surface area contributed by atoms with Gasteiger partial charge < -0.3 is 15.3 Å². The second-order valence-corrected chi connectivity index (χ2v) is 4.17. The smallest absolute Gasteiger partial charge is 0.326 e. The Morgan fingerprint density at radius 2 is 1.88 bits per heavy atom. The molecule has 0 aromatic carbocycles. The Morgan fingerprint density at radius 3 is 2.24 bits per heavy atom. The van der Waals surface area contributed by atoms with Crippen molar-refractivity contribution in [1.82, 2.24) is 10.2 Å². The van der Waals surface area contributed by atoms with Gasteiger partial charge in [0.05, 0.1) is 0 Å². The van der Waals surface area contributed by atoms with E-state index in [1.165, 1.54) is 0 Å². The second-order valence-electron chi connectivity index (χ2n) is 4.17. The lowest BCUT2D eigenvalue weighted by atomic mass is 10.1. The van der Waals surface area contributed by atoms with Gasteiger partial charge in [0.25, 0.3) is 0 Å². The van der Waals surface area contributed by atoms with Crippen LogP contribution < -0.4 is 5.32 Å². The predicted molar refractivity (Wildman–Crippen MR) is 67.0 cm³/mol. The van der Waals surface area contributed by atoms with Gasteiger partial charge >= 0.3 is 12.0 Å². The van der Waals surface area contributed by atoms with E-state index in [9.17, 15) is 9.59 Å². The molecule has 0 rings (SSSR count). The number of hydrogen-bond acceptors (Lipinski definition) is 2. The Balaban J connectivity index is 4.51. The van der Waals surface area contributed by atoms with E-state index in [4.69, 9.17) is 5.11 Å². The first kappa shape index (κ1) is 15.7. The van der Waals surface area contributed by atoms with Crippen molar-refractivity contribution in [3.63, 3.8) is 0 Å². The lowest BCUT2D eigenvalue weighted by Crippen LogP contribution is -2.50. The minimum absolute atomic E-state index is 0.121. The fourth-order valence-corrected chi connectivity index (χ4v) is 1.65. The Hall–Kier alpha value is -1.26. The van der Waals surface area contributed by atoms with Gasteiger partial charge in [-0.2, -0.15) is 0 Å². The molecule has 1 unspecified atom stereocenters. The molecule has 17 heavy (non-hydrogen) atoms.